The lowest BCUT2D eigenvalue weighted by Crippen LogP contribution is -2.20. The van der Waals surface area contributed by atoms with Crippen LogP contribution in [-0.4, -0.2) is 33.9 Å². The Morgan fingerprint density at radius 2 is 1.30 bits per heavy atom. The van der Waals surface area contributed by atoms with E-state index in [9.17, 15) is 0 Å². The Kier molecular flexibility index (Phi) is 8.62. The summed E-state index contributed by atoms with van der Waals surface area (Å²) in [5.41, 5.74) is -0.306. The molecule has 0 bridgehead atoms. The maximum Gasteiger partial charge on any atom is 0.0504 e. The van der Waals surface area contributed by atoms with Crippen molar-refractivity contribution in [3.8, 4) is 0 Å². The quantitative estimate of drug-likeness (QED) is 0.330. The molecule has 0 atom stereocenters. The van der Waals surface area contributed by atoms with Crippen molar-refractivity contribution in [3.63, 3.8) is 0 Å². The van der Waals surface area contributed by atoms with Gasteiger partial charge in [0.2, 0.25) is 0 Å². The Morgan fingerprint density at radius 3 is 1.30 bits per heavy atom. The van der Waals surface area contributed by atoms with Crippen molar-refractivity contribution in [2.24, 2.45) is 5.41 Å². The van der Waals surface area contributed by atoms with Crippen LogP contribution in [0.5, 0.6) is 0 Å². The molecule has 0 aliphatic carbocycles. The summed E-state index contributed by atoms with van der Waals surface area (Å²) in [6, 6.07) is 0. The summed E-state index contributed by atoms with van der Waals surface area (Å²) < 4.78 is 0. The number of hydrogen-bond acceptors (Lipinski definition) is 5. The summed E-state index contributed by atoms with van der Waals surface area (Å²) in [4.78, 5) is 0. The summed E-state index contributed by atoms with van der Waals surface area (Å²) in [7, 11) is 0. The second-order valence-corrected chi connectivity index (χ2v) is 2.56. The predicted octanol–water partition coefficient (Wildman–Crippen LogP) is -0.0538. The van der Waals surface area contributed by atoms with Crippen LogP contribution in [0.2, 0.25) is 0 Å². The minimum Gasteiger partial charge on any atom is -0.396 e. The standard InChI is InChI=1S/C5H12O2.H2O3/c1-5(2,3-6)4-7;1-3-2/h6-7H,3-4H2,1-2H3;1-2H. The van der Waals surface area contributed by atoms with E-state index in [1.807, 2.05) is 0 Å². The summed E-state index contributed by atoms with van der Waals surface area (Å²) in [6.07, 6.45) is 0. The summed E-state index contributed by atoms with van der Waals surface area (Å²) in [5, 5.41) is 32.4. The number of rotatable bonds is 2. The van der Waals surface area contributed by atoms with Crippen LogP contribution >= 0.6 is 0 Å². The molecule has 0 unspecified atom stereocenters. The lowest BCUT2D eigenvalue weighted by atomic mass is 9.97. The van der Waals surface area contributed by atoms with Crippen molar-refractivity contribution < 1.29 is 25.8 Å². The van der Waals surface area contributed by atoms with Crippen molar-refractivity contribution in [2.45, 2.75) is 13.8 Å². The molecular weight excluding hydrogens is 140 g/mol. The Morgan fingerprint density at radius 1 is 1.10 bits per heavy atom. The van der Waals surface area contributed by atoms with E-state index < -0.39 is 0 Å². The van der Waals surface area contributed by atoms with Gasteiger partial charge in [0.25, 0.3) is 0 Å². The Hall–Kier alpha value is -0.200. The summed E-state index contributed by atoms with van der Waals surface area (Å²) >= 11 is 0. The predicted molar refractivity (Wildman–Crippen MR) is 34.3 cm³/mol. The highest BCUT2D eigenvalue weighted by molar-refractivity contribution is 4.62. The van der Waals surface area contributed by atoms with Crippen LogP contribution in [-0.2, 0) is 5.04 Å². The lowest BCUT2D eigenvalue weighted by molar-refractivity contribution is -0.465. The highest BCUT2D eigenvalue weighted by Crippen LogP contribution is 2.10. The second-order valence-electron chi connectivity index (χ2n) is 2.56. The highest BCUT2D eigenvalue weighted by atomic mass is 17.4. The SMILES string of the molecule is CC(C)(CO)CO.OOO. The maximum absolute atomic E-state index is 8.43. The smallest absolute Gasteiger partial charge is 0.0504 e. The fourth-order valence-electron chi connectivity index (χ4n) is 0.0500. The van der Waals surface area contributed by atoms with Gasteiger partial charge in [0.05, 0.1) is 13.2 Å². The first kappa shape index (κ1) is 12.5. The number of hydrogen-bond donors (Lipinski definition) is 4. The Bertz CT molecular complexity index is 57.1. The Labute approximate surface area is 59.4 Å². The third-order valence-electron chi connectivity index (χ3n) is 0.856. The van der Waals surface area contributed by atoms with E-state index in [1.165, 1.54) is 0 Å². The van der Waals surface area contributed by atoms with Crippen LogP contribution in [0, 0.1) is 5.41 Å². The Balaban J connectivity index is 0. The van der Waals surface area contributed by atoms with Gasteiger partial charge in [-0.3, -0.25) is 0 Å². The zero-order chi connectivity index (χ0) is 8.62. The average molecular weight is 154 g/mol. The highest BCUT2D eigenvalue weighted by Gasteiger charge is 2.13. The lowest BCUT2D eigenvalue weighted by Gasteiger charge is -2.16. The average Bonchev–Trinajstić information content (AvgIpc) is 1.90. The largest absolute Gasteiger partial charge is 0.396 e. The van der Waals surface area contributed by atoms with E-state index in [0.29, 0.717) is 0 Å². The van der Waals surface area contributed by atoms with Gasteiger partial charge in [-0.2, -0.15) is 0 Å². The normalized spacial score (nSPS) is 10.2. The van der Waals surface area contributed by atoms with Crippen LogP contribution in [0.4, 0.5) is 0 Å². The molecule has 64 valence electrons. The van der Waals surface area contributed by atoms with Crippen molar-refractivity contribution in [1.82, 2.24) is 0 Å². The number of aliphatic hydroxyl groups is 2. The molecule has 0 spiro atoms. The van der Waals surface area contributed by atoms with Crippen LogP contribution in [0.3, 0.4) is 0 Å². The zero-order valence-electron chi connectivity index (χ0n) is 6.11. The first-order chi connectivity index (χ1) is 4.54. The molecule has 4 N–H and O–H groups in total. The molecule has 0 aromatic rings. The molecule has 0 saturated heterocycles. The molecule has 0 saturated carbocycles. The molecule has 0 aromatic carbocycles. The van der Waals surface area contributed by atoms with E-state index in [-0.39, 0.29) is 18.6 Å². The minimum absolute atomic E-state index is 0.0451. The third kappa shape index (κ3) is 10.7. The van der Waals surface area contributed by atoms with Crippen molar-refractivity contribution in [2.75, 3.05) is 13.2 Å². The second kappa shape index (κ2) is 6.91. The van der Waals surface area contributed by atoms with Gasteiger partial charge in [-0.25, -0.2) is 10.5 Å². The first-order valence-electron chi connectivity index (χ1n) is 2.70. The molecule has 0 rings (SSSR count). The molecule has 0 aliphatic heterocycles. The molecule has 0 aromatic heterocycles. The van der Waals surface area contributed by atoms with Gasteiger partial charge in [0.15, 0.2) is 0 Å². The number of aliphatic hydroxyl groups excluding tert-OH is 2. The van der Waals surface area contributed by atoms with Crippen molar-refractivity contribution >= 4 is 0 Å². The van der Waals surface area contributed by atoms with E-state index in [1.54, 1.807) is 13.8 Å². The fourth-order valence-corrected chi connectivity index (χ4v) is 0.0500. The zero-order valence-corrected chi connectivity index (χ0v) is 6.11. The van der Waals surface area contributed by atoms with Gasteiger partial charge in [-0.1, -0.05) is 18.9 Å². The molecule has 0 fully saturated rings. The molecule has 0 amide bonds. The van der Waals surface area contributed by atoms with Crippen molar-refractivity contribution in [3.05, 3.63) is 0 Å². The monoisotopic (exact) mass is 154 g/mol. The summed E-state index contributed by atoms with van der Waals surface area (Å²) in [5.74, 6) is 0. The van der Waals surface area contributed by atoms with E-state index in [0.717, 1.165) is 0 Å². The van der Waals surface area contributed by atoms with Gasteiger partial charge in [-0.15, -0.1) is 0 Å². The molecule has 0 radical (unpaired) electrons. The third-order valence-corrected chi connectivity index (χ3v) is 0.856. The van der Waals surface area contributed by atoms with Crippen LogP contribution in [0.15, 0.2) is 0 Å². The molecule has 5 nitrogen and oxygen atoms in total. The molecule has 10 heavy (non-hydrogen) atoms. The van der Waals surface area contributed by atoms with E-state index in [2.05, 4.69) is 5.04 Å². The first-order valence-corrected chi connectivity index (χ1v) is 2.70. The van der Waals surface area contributed by atoms with Gasteiger partial charge < -0.3 is 10.2 Å². The van der Waals surface area contributed by atoms with Gasteiger partial charge >= 0.3 is 0 Å². The molecular formula is C5H14O5. The minimum atomic E-state index is -0.306. The molecule has 0 heterocycles. The topological polar surface area (TPSA) is 90.2 Å². The van der Waals surface area contributed by atoms with Gasteiger partial charge in [0, 0.05) is 5.41 Å². The molecule has 0 aliphatic rings. The van der Waals surface area contributed by atoms with Gasteiger partial charge in [0.1, 0.15) is 0 Å². The fraction of sp³-hybridized carbons (Fsp3) is 1.00. The van der Waals surface area contributed by atoms with E-state index >= 15 is 0 Å². The summed E-state index contributed by atoms with van der Waals surface area (Å²) in [6.45, 7) is 3.69. The van der Waals surface area contributed by atoms with Gasteiger partial charge in [-0.05, 0) is 0 Å². The maximum atomic E-state index is 8.43. The van der Waals surface area contributed by atoms with Crippen molar-refractivity contribution in [1.29, 1.82) is 0 Å². The van der Waals surface area contributed by atoms with E-state index in [4.69, 9.17) is 20.7 Å². The van der Waals surface area contributed by atoms with Crippen LogP contribution in [0.25, 0.3) is 0 Å². The van der Waals surface area contributed by atoms with Crippen LogP contribution in [0.1, 0.15) is 13.8 Å². The molecule has 5 heteroatoms. The van der Waals surface area contributed by atoms with Crippen LogP contribution < -0.4 is 0 Å².